The molecule has 1 saturated heterocycles. The van der Waals surface area contributed by atoms with Gasteiger partial charge in [0.1, 0.15) is 0 Å². The number of carbonyl (C=O) groups is 1. The maximum Gasteiger partial charge on any atom is 0.323 e. The summed E-state index contributed by atoms with van der Waals surface area (Å²) in [5, 5.41) is 2.87. The maximum atomic E-state index is 13.0. The van der Waals surface area contributed by atoms with Gasteiger partial charge in [-0.2, -0.15) is 0 Å². The van der Waals surface area contributed by atoms with Gasteiger partial charge in [0.15, 0.2) is 5.82 Å². The highest BCUT2D eigenvalue weighted by Gasteiger charge is 2.47. The number of amides is 2. The Labute approximate surface area is 212 Å². The molecular weight excluding hydrogens is 474 g/mol. The second-order valence-electron chi connectivity index (χ2n) is 9.68. The first-order valence-electron chi connectivity index (χ1n) is 12.3. The molecular formula is C27H31N5O3S. The Bertz CT molecular complexity index is 1370. The molecule has 1 fully saturated rings. The number of likely N-dealkylation sites (tertiary alicyclic amines) is 1. The summed E-state index contributed by atoms with van der Waals surface area (Å²) in [4.78, 5) is 23.7. The van der Waals surface area contributed by atoms with Gasteiger partial charge in [0.25, 0.3) is 0 Å². The molecule has 2 amide bonds. The normalized spacial score (nSPS) is 16.7. The third kappa shape index (κ3) is 4.55. The summed E-state index contributed by atoms with van der Waals surface area (Å²) in [5.74, 6) is 0.409. The molecule has 36 heavy (non-hydrogen) atoms. The molecule has 3 aromatic rings. The Morgan fingerprint density at radius 2 is 1.75 bits per heavy atom. The quantitative estimate of drug-likeness (QED) is 0.553. The van der Waals surface area contributed by atoms with Gasteiger partial charge in [-0.3, -0.25) is 14.6 Å². The van der Waals surface area contributed by atoms with Gasteiger partial charge in [-0.05, 0) is 36.5 Å². The molecule has 1 spiro atoms. The Morgan fingerprint density at radius 1 is 1.03 bits per heavy atom. The van der Waals surface area contributed by atoms with Crippen LogP contribution in [0.4, 0.5) is 16.3 Å². The SMILES string of the molecule is CCCc1ccccc1-c1cnc(NC(=O)N2CCC3(CC2)CN(S(C)(=O)=O)c2ccccc23)cn1. The first-order valence-corrected chi connectivity index (χ1v) is 14.2. The van der Waals surface area contributed by atoms with Crippen LogP contribution in [0.1, 0.15) is 37.3 Å². The van der Waals surface area contributed by atoms with Gasteiger partial charge >= 0.3 is 6.03 Å². The number of aryl methyl sites for hydroxylation is 1. The number of piperidine rings is 1. The van der Waals surface area contributed by atoms with Crippen LogP contribution in [-0.4, -0.2) is 55.2 Å². The van der Waals surface area contributed by atoms with Crippen LogP contribution in [0.2, 0.25) is 0 Å². The number of nitrogens with one attached hydrogen (secondary N) is 1. The average molecular weight is 506 g/mol. The molecule has 188 valence electrons. The first-order chi connectivity index (χ1) is 17.3. The standard InChI is InChI=1S/C27H31N5O3S/c1-3-8-20-9-4-5-10-21(20)23-17-29-25(18-28-23)30-26(33)31-15-13-27(14-16-31)19-32(36(2,34)35)24-12-7-6-11-22(24)27/h4-7,9-12,17-18H,3,8,13-16,19H2,1-2H3,(H,29,30,33). The smallest absolute Gasteiger partial charge is 0.323 e. The minimum atomic E-state index is -3.37. The highest BCUT2D eigenvalue weighted by atomic mass is 32.2. The van der Waals surface area contributed by atoms with Crippen molar-refractivity contribution in [1.82, 2.24) is 14.9 Å². The largest absolute Gasteiger partial charge is 0.324 e. The van der Waals surface area contributed by atoms with Crippen molar-refractivity contribution in [1.29, 1.82) is 0 Å². The van der Waals surface area contributed by atoms with Crippen molar-refractivity contribution in [3.05, 3.63) is 72.1 Å². The molecule has 1 aromatic heterocycles. The first kappa shape index (κ1) is 24.2. The van der Waals surface area contributed by atoms with Crippen LogP contribution in [0.3, 0.4) is 0 Å². The Morgan fingerprint density at radius 3 is 2.44 bits per heavy atom. The maximum absolute atomic E-state index is 13.0. The molecule has 2 aromatic carbocycles. The molecule has 0 radical (unpaired) electrons. The highest BCUT2D eigenvalue weighted by molar-refractivity contribution is 7.92. The van der Waals surface area contributed by atoms with E-state index in [1.54, 1.807) is 17.3 Å². The number of nitrogens with zero attached hydrogens (tertiary/aromatic N) is 4. The summed E-state index contributed by atoms with van der Waals surface area (Å²) < 4.78 is 26.3. The number of benzene rings is 2. The zero-order valence-electron chi connectivity index (χ0n) is 20.6. The van der Waals surface area contributed by atoms with Crippen molar-refractivity contribution < 1.29 is 13.2 Å². The minimum Gasteiger partial charge on any atom is -0.324 e. The number of para-hydroxylation sites is 1. The number of anilines is 2. The molecule has 2 aliphatic rings. The van der Waals surface area contributed by atoms with E-state index in [9.17, 15) is 13.2 Å². The fraction of sp³-hybridized carbons (Fsp3) is 0.370. The van der Waals surface area contributed by atoms with Crippen molar-refractivity contribution >= 4 is 27.6 Å². The Hall–Kier alpha value is -3.46. The number of sulfonamides is 1. The van der Waals surface area contributed by atoms with Crippen LogP contribution in [0.15, 0.2) is 60.9 Å². The van der Waals surface area contributed by atoms with Crippen molar-refractivity contribution in [2.75, 3.05) is 35.5 Å². The lowest BCUT2D eigenvalue weighted by atomic mass is 9.74. The van der Waals surface area contributed by atoms with Crippen molar-refractivity contribution in [3.63, 3.8) is 0 Å². The van der Waals surface area contributed by atoms with E-state index in [1.807, 2.05) is 42.5 Å². The van der Waals surface area contributed by atoms with Crippen LogP contribution in [0.25, 0.3) is 11.3 Å². The molecule has 9 heteroatoms. The number of hydrogen-bond acceptors (Lipinski definition) is 5. The summed E-state index contributed by atoms with van der Waals surface area (Å²) in [6.07, 6.45) is 7.96. The predicted molar refractivity (Wildman–Crippen MR) is 142 cm³/mol. The van der Waals surface area contributed by atoms with Crippen LogP contribution < -0.4 is 9.62 Å². The van der Waals surface area contributed by atoms with Gasteiger partial charge in [0, 0.05) is 30.6 Å². The molecule has 1 N–H and O–H groups in total. The molecule has 0 unspecified atom stereocenters. The summed E-state index contributed by atoms with van der Waals surface area (Å²) >= 11 is 0. The number of carbonyl (C=O) groups excluding carboxylic acids is 1. The third-order valence-corrected chi connectivity index (χ3v) is 8.42. The molecule has 3 heterocycles. The Balaban J connectivity index is 1.25. The molecule has 0 aliphatic carbocycles. The lowest BCUT2D eigenvalue weighted by Gasteiger charge is -2.39. The second-order valence-corrected chi connectivity index (χ2v) is 11.6. The third-order valence-electron chi connectivity index (χ3n) is 7.30. The molecule has 2 aliphatic heterocycles. The zero-order chi connectivity index (χ0) is 25.3. The highest BCUT2D eigenvalue weighted by Crippen LogP contribution is 2.47. The van der Waals surface area contributed by atoms with E-state index in [4.69, 9.17) is 0 Å². The molecule has 0 bridgehead atoms. The fourth-order valence-corrected chi connectivity index (χ4v) is 6.42. The summed E-state index contributed by atoms with van der Waals surface area (Å²) in [6, 6.07) is 15.7. The molecule has 0 saturated carbocycles. The lowest BCUT2D eigenvalue weighted by Crippen LogP contribution is -2.48. The van der Waals surface area contributed by atoms with Crippen molar-refractivity contribution in [3.8, 4) is 11.3 Å². The summed E-state index contributed by atoms with van der Waals surface area (Å²) in [6.45, 7) is 3.64. The van der Waals surface area contributed by atoms with E-state index in [0.717, 1.165) is 35.3 Å². The molecule has 8 nitrogen and oxygen atoms in total. The second kappa shape index (κ2) is 9.54. The van der Waals surface area contributed by atoms with E-state index in [0.29, 0.717) is 38.3 Å². The number of urea groups is 1. The summed E-state index contributed by atoms with van der Waals surface area (Å²) in [5.41, 5.74) is 4.62. The average Bonchev–Trinajstić information content (AvgIpc) is 3.20. The fourth-order valence-electron chi connectivity index (χ4n) is 5.42. The van der Waals surface area contributed by atoms with Crippen LogP contribution >= 0.6 is 0 Å². The van der Waals surface area contributed by atoms with E-state index in [1.165, 1.54) is 16.1 Å². The van der Waals surface area contributed by atoms with Gasteiger partial charge in [0.2, 0.25) is 10.0 Å². The monoisotopic (exact) mass is 505 g/mol. The van der Waals surface area contributed by atoms with Gasteiger partial charge < -0.3 is 4.90 Å². The van der Waals surface area contributed by atoms with Gasteiger partial charge in [-0.25, -0.2) is 18.2 Å². The van der Waals surface area contributed by atoms with Crippen molar-refractivity contribution in [2.24, 2.45) is 0 Å². The van der Waals surface area contributed by atoms with Gasteiger partial charge in [-0.15, -0.1) is 0 Å². The Kier molecular flexibility index (Phi) is 6.42. The van der Waals surface area contributed by atoms with E-state index >= 15 is 0 Å². The molecule has 0 atom stereocenters. The van der Waals surface area contributed by atoms with Crippen LogP contribution in [-0.2, 0) is 21.9 Å². The molecule has 5 rings (SSSR count). The lowest BCUT2D eigenvalue weighted by molar-refractivity contribution is 0.173. The van der Waals surface area contributed by atoms with Crippen molar-refractivity contribution in [2.45, 2.75) is 38.0 Å². The topological polar surface area (TPSA) is 95.5 Å². The zero-order valence-corrected chi connectivity index (χ0v) is 21.5. The van der Waals surface area contributed by atoms with Crippen LogP contribution in [0, 0.1) is 0 Å². The van der Waals surface area contributed by atoms with Gasteiger partial charge in [-0.1, -0.05) is 55.8 Å². The van der Waals surface area contributed by atoms with Gasteiger partial charge in [0.05, 0.1) is 30.0 Å². The minimum absolute atomic E-state index is 0.218. The van der Waals surface area contributed by atoms with E-state index < -0.39 is 10.0 Å². The number of fused-ring (bicyclic) bond motifs is 2. The van der Waals surface area contributed by atoms with E-state index in [2.05, 4.69) is 28.3 Å². The van der Waals surface area contributed by atoms with E-state index in [-0.39, 0.29) is 11.4 Å². The van der Waals surface area contributed by atoms with Crippen LogP contribution in [0.5, 0.6) is 0 Å². The number of rotatable bonds is 5. The summed E-state index contributed by atoms with van der Waals surface area (Å²) in [7, 11) is -3.37. The predicted octanol–water partition coefficient (Wildman–Crippen LogP) is 4.44. The number of hydrogen-bond donors (Lipinski definition) is 1. The number of aromatic nitrogens is 2.